The first kappa shape index (κ1) is 27.5. The molecule has 0 aromatic heterocycles. The molecule has 3 N–H and O–H groups in total. The number of fused-ring (bicyclic) bond motifs is 1. The summed E-state index contributed by atoms with van der Waals surface area (Å²) in [4.78, 5) is 28.2. The number of benzene rings is 3. The molecular formula is C32H36FN5O2. The summed E-state index contributed by atoms with van der Waals surface area (Å²) in [7, 11) is 0. The molecule has 1 heterocycles. The molecular weight excluding hydrogens is 505 g/mol. The number of hydrogen-bond acceptors (Lipinski definition) is 4. The summed E-state index contributed by atoms with van der Waals surface area (Å²) < 4.78 is 15.7. The molecule has 3 aromatic rings. The quantitative estimate of drug-likeness (QED) is 0.344. The Morgan fingerprint density at radius 3 is 2.38 bits per heavy atom. The Morgan fingerprint density at radius 2 is 1.70 bits per heavy atom. The van der Waals surface area contributed by atoms with Gasteiger partial charge < -0.3 is 11.1 Å². The van der Waals surface area contributed by atoms with Crippen LogP contribution in [0.4, 0.5) is 26.2 Å². The largest absolute Gasteiger partial charge is 0.349 e. The van der Waals surface area contributed by atoms with Crippen LogP contribution in [-0.4, -0.2) is 28.7 Å². The standard InChI is InChI=1S/C32H36FN5O2/c1-21(2)29(34)31(39)35-24-16-18-25(19-17-24)38-27-15-9-14-26(33)28(27)30(23-12-7-4-8-13-23)36-37(32(38)40)20-22-10-5-3-6-11-22/h3,5-6,9-11,14-19,21,23,29H,4,7-8,12-13,20,34H2,1-2H3,(H,35,39)/t29-/m1/s1. The summed E-state index contributed by atoms with van der Waals surface area (Å²) in [5.41, 5.74) is 9.49. The molecule has 1 atom stereocenters. The second-order valence-corrected chi connectivity index (χ2v) is 10.9. The topological polar surface area (TPSA) is 91.0 Å². The molecule has 8 heteroatoms. The average Bonchev–Trinajstić information content (AvgIpc) is 3.09. The van der Waals surface area contributed by atoms with E-state index in [-0.39, 0.29) is 30.3 Å². The van der Waals surface area contributed by atoms with Crippen molar-refractivity contribution < 1.29 is 14.0 Å². The maximum Gasteiger partial charge on any atom is 0.349 e. The van der Waals surface area contributed by atoms with Gasteiger partial charge in [-0.3, -0.25) is 9.69 Å². The highest BCUT2D eigenvalue weighted by Crippen LogP contribution is 2.39. The molecule has 0 spiro atoms. The third-order valence-corrected chi connectivity index (χ3v) is 7.71. The predicted molar refractivity (Wildman–Crippen MR) is 157 cm³/mol. The fourth-order valence-corrected chi connectivity index (χ4v) is 5.39. The van der Waals surface area contributed by atoms with Crippen molar-refractivity contribution in [3.63, 3.8) is 0 Å². The lowest BCUT2D eigenvalue weighted by molar-refractivity contribution is -0.118. The molecule has 0 radical (unpaired) electrons. The van der Waals surface area contributed by atoms with Gasteiger partial charge in [-0.1, -0.05) is 69.5 Å². The summed E-state index contributed by atoms with van der Waals surface area (Å²) in [6.45, 7) is 4.03. The van der Waals surface area contributed by atoms with E-state index in [4.69, 9.17) is 10.8 Å². The fourth-order valence-electron chi connectivity index (χ4n) is 5.39. The van der Waals surface area contributed by atoms with Gasteiger partial charge >= 0.3 is 6.03 Å². The number of halogens is 1. The highest BCUT2D eigenvalue weighted by atomic mass is 19.1. The van der Waals surface area contributed by atoms with Crippen LogP contribution in [0.1, 0.15) is 57.1 Å². The molecule has 3 aromatic carbocycles. The third kappa shape index (κ3) is 5.77. The number of nitrogens with zero attached hydrogens (tertiary/aromatic N) is 3. The molecule has 0 bridgehead atoms. The number of rotatable bonds is 7. The maximum atomic E-state index is 15.7. The van der Waals surface area contributed by atoms with Crippen molar-refractivity contribution in [1.82, 2.24) is 5.01 Å². The first-order valence-corrected chi connectivity index (χ1v) is 14.0. The van der Waals surface area contributed by atoms with Gasteiger partial charge in [0, 0.05) is 11.6 Å². The minimum Gasteiger partial charge on any atom is -0.325 e. The highest BCUT2D eigenvalue weighted by Gasteiger charge is 2.35. The van der Waals surface area contributed by atoms with Crippen molar-refractivity contribution in [2.45, 2.75) is 58.5 Å². The first-order chi connectivity index (χ1) is 19.3. The second kappa shape index (κ2) is 12.0. The number of anilines is 3. The monoisotopic (exact) mass is 541 g/mol. The zero-order valence-corrected chi connectivity index (χ0v) is 23.0. The van der Waals surface area contributed by atoms with Gasteiger partial charge in [-0.25, -0.2) is 14.2 Å². The molecule has 1 aliphatic heterocycles. The number of hydrogen-bond donors (Lipinski definition) is 2. The van der Waals surface area contributed by atoms with Crippen LogP contribution in [-0.2, 0) is 11.3 Å². The van der Waals surface area contributed by atoms with Gasteiger partial charge in [0.2, 0.25) is 5.91 Å². The normalized spacial score (nSPS) is 16.8. The minimum absolute atomic E-state index is 0.00523. The van der Waals surface area contributed by atoms with E-state index >= 15 is 4.39 Å². The van der Waals surface area contributed by atoms with Crippen molar-refractivity contribution in [2.75, 3.05) is 10.2 Å². The molecule has 3 amide bonds. The zero-order valence-electron chi connectivity index (χ0n) is 23.0. The SMILES string of the molecule is CC(C)[C@@H](N)C(=O)Nc1ccc(N2C(=O)N(Cc3ccccc3)N=C(C3CCCCC3)c3c(F)cccc32)cc1. The van der Waals surface area contributed by atoms with Gasteiger partial charge in [-0.2, -0.15) is 5.10 Å². The second-order valence-electron chi connectivity index (χ2n) is 10.9. The third-order valence-electron chi connectivity index (χ3n) is 7.71. The van der Waals surface area contributed by atoms with E-state index in [2.05, 4.69) is 5.32 Å². The number of carbonyl (C=O) groups is 2. The van der Waals surface area contributed by atoms with Crippen LogP contribution >= 0.6 is 0 Å². The number of nitrogens with two attached hydrogens (primary N) is 1. The lowest BCUT2D eigenvalue weighted by atomic mass is 9.82. The molecule has 1 saturated carbocycles. The Morgan fingerprint density at radius 1 is 1.00 bits per heavy atom. The van der Waals surface area contributed by atoms with E-state index in [0.29, 0.717) is 28.3 Å². The van der Waals surface area contributed by atoms with Crippen molar-refractivity contribution in [1.29, 1.82) is 0 Å². The lowest BCUT2D eigenvalue weighted by Crippen LogP contribution is -2.39. The Hall–Kier alpha value is -4.04. The van der Waals surface area contributed by atoms with E-state index in [1.165, 1.54) is 16.0 Å². The van der Waals surface area contributed by atoms with Crippen LogP contribution in [0.3, 0.4) is 0 Å². The van der Waals surface area contributed by atoms with Crippen LogP contribution < -0.4 is 16.0 Å². The van der Waals surface area contributed by atoms with E-state index in [1.54, 1.807) is 36.4 Å². The van der Waals surface area contributed by atoms with Crippen LogP contribution in [0, 0.1) is 17.7 Å². The number of carbonyl (C=O) groups excluding carboxylic acids is 2. The molecule has 0 saturated heterocycles. The Labute approximate surface area is 234 Å². The lowest BCUT2D eigenvalue weighted by Gasteiger charge is -2.27. The van der Waals surface area contributed by atoms with Gasteiger partial charge in [0.1, 0.15) is 5.82 Å². The number of nitrogens with one attached hydrogen (secondary N) is 1. The van der Waals surface area contributed by atoms with E-state index in [1.807, 2.05) is 44.2 Å². The zero-order chi connectivity index (χ0) is 28.2. The maximum absolute atomic E-state index is 15.7. The van der Waals surface area contributed by atoms with Gasteiger partial charge in [0.05, 0.1) is 35.2 Å². The molecule has 1 aliphatic carbocycles. The van der Waals surface area contributed by atoms with Crippen molar-refractivity contribution >= 4 is 34.7 Å². The van der Waals surface area contributed by atoms with E-state index in [9.17, 15) is 9.59 Å². The van der Waals surface area contributed by atoms with Gasteiger partial charge in [-0.05, 0) is 60.7 Å². The number of hydrazone groups is 1. The number of urea groups is 1. The Bertz CT molecular complexity index is 1380. The molecule has 1 fully saturated rings. The molecule has 208 valence electrons. The molecule has 2 aliphatic rings. The van der Waals surface area contributed by atoms with E-state index in [0.717, 1.165) is 37.7 Å². The van der Waals surface area contributed by atoms with Crippen LogP contribution in [0.2, 0.25) is 0 Å². The summed E-state index contributed by atoms with van der Waals surface area (Å²) in [5, 5.41) is 9.18. The minimum atomic E-state index is -0.636. The van der Waals surface area contributed by atoms with Crippen LogP contribution in [0.15, 0.2) is 77.9 Å². The Kier molecular flexibility index (Phi) is 8.26. The highest BCUT2D eigenvalue weighted by molar-refractivity contribution is 6.14. The molecule has 40 heavy (non-hydrogen) atoms. The smallest absolute Gasteiger partial charge is 0.325 e. The molecule has 7 nitrogen and oxygen atoms in total. The average molecular weight is 542 g/mol. The van der Waals surface area contributed by atoms with Crippen molar-refractivity contribution in [3.8, 4) is 0 Å². The fraction of sp³-hybridized carbons (Fsp3) is 0.344. The van der Waals surface area contributed by atoms with Gasteiger partial charge in [-0.15, -0.1) is 0 Å². The summed E-state index contributed by atoms with van der Waals surface area (Å²) in [6, 6.07) is 20.4. The number of amides is 3. The summed E-state index contributed by atoms with van der Waals surface area (Å²) in [5.74, 6) is -0.610. The molecule has 5 rings (SSSR count). The molecule has 0 unspecified atom stereocenters. The van der Waals surface area contributed by atoms with E-state index < -0.39 is 11.9 Å². The van der Waals surface area contributed by atoms with Gasteiger partial charge in [0.15, 0.2) is 0 Å². The first-order valence-electron chi connectivity index (χ1n) is 14.0. The van der Waals surface area contributed by atoms with Crippen LogP contribution in [0.5, 0.6) is 0 Å². The van der Waals surface area contributed by atoms with Crippen molar-refractivity contribution in [3.05, 3.63) is 89.7 Å². The summed E-state index contributed by atoms with van der Waals surface area (Å²) >= 11 is 0. The van der Waals surface area contributed by atoms with Crippen molar-refractivity contribution in [2.24, 2.45) is 22.7 Å². The Balaban J connectivity index is 1.56. The summed E-state index contributed by atoms with van der Waals surface area (Å²) in [6.07, 6.45) is 5.08. The van der Waals surface area contributed by atoms with Crippen LogP contribution in [0.25, 0.3) is 0 Å². The predicted octanol–water partition coefficient (Wildman–Crippen LogP) is 6.81. The van der Waals surface area contributed by atoms with Gasteiger partial charge in [0.25, 0.3) is 0 Å².